The van der Waals surface area contributed by atoms with Gasteiger partial charge in [-0.2, -0.15) is 0 Å². The predicted octanol–water partition coefficient (Wildman–Crippen LogP) is 3.79. The average molecular weight is 240 g/mol. The van der Waals surface area contributed by atoms with Crippen molar-refractivity contribution in [3.8, 4) is 0 Å². The molecule has 0 aromatic heterocycles. The van der Waals surface area contributed by atoms with Crippen molar-refractivity contribution < 1.29 is 5.11 Å². The highest BCUT2D eigenvalue weighted by atomic mass is 16.3. The van der Waals surface area contributed by atoms with Gasteiger partial charge in [0.25, 0.3) is 0 Å². The minimum Gasteiger partial charge on any atom is -0.392 e. The van der Waals surface area contributed by atoms with Crippen LogP contribution in [-0.4, -0.2) is 11.2 Å². The van der Waals surface area contributed by atoms with Gasteiger partial charge >= 0.3 is 0 Å². The number of rotatable bonds is 3. The van der Waals surface area contributed by atoms with Crippen LogP contribution in [0.2, 0.25) is 0 Å². The zero-order valence-corrected chi connectivity index (χ0v) is 11.1. The van der Waals surface area contributed by atoms with E-state index in [1.807, 2.05) is 0 Å². The maximum Gasteiger partial charge on any atom is 0.0614 e. The maximum absolute atomic E-state index is 10.3. The first kappa shape index (κ1) is 11.7. The minimum absolute atomic E-state index is 0.203. The summed E-state index contributed by atoms with van der Waals surface area (Å²) in [5.74, 6) is 0.469. The van der Waals surface area contributed by atoms with Gasteiger partial charge in [0.15, 0.2) is 0 Å². The van der Waals surface area contributed by atoms with Crippen molar-refractivity contribution in [3.05, 3.63) is 48.0 Å². The first-order chi connectivity index (χ1) is 8.58. The van der Waals surface area contributed by atoms with E-state index in [1.165, 1.54) is 16.3 Å². The van der Waals surface area contributed by atoms with Crippen molar-refractivity contribution >= 4 is 10.8 Å². The van der Waals surface area contributed by atoms with E-state index in [2.05, 4.69) is 56.3 Å². The fourth-order valence-electron chi connectivity index (χ4n) is 3.00. The second-order valence-electron chi connectivity index (χ2n) is 6.21. The molecule has 0 spiro atoms. The summed E-state index contributed by atoms with van der Waals surface area (Å²) in [6.07, 6.45) is 1.72. The van der Waals surface area contributed by atoms with Gasteiger partial charge in [-0.15, -0.1) is 0 Å². The van der Waals surface area contributed by atoms with Crippen LogP contribution in [0.4, 0.5) is 0 Å². The van der Waals surface area contributed by atoms with E-state index < -0.39 is 0 Å². The zero-order chi connectivity index (χ0) is 12.8. The Morgan fingerprint density at radius 1 is 1.17 bits per heavy atom. The summed E-state index contributed by atoms with van der Waals surface area (Å²) in [5, 5.41) is 12.9. The van der Waals surface area contributed by atoms with Crippen LogP contribution >= 0.6 is 0 Å². The Bertz CT molecular complexity index is 565. The summed E-state index contributed by atoms with van der Waals surface area (Å²) < 4.78 is 0. The Balaban J connectivity index is 1.87. The predicted molar refractivity (Wildman–Crippen MR) is 75.5 cm³/mol. The molecule has 0 amide bonds. The lowest BCUT2D eigenvalue weighted by molar-refractivity contribution is 0.137. The van der Waals surface area contributed by atoms with E-state index in [0.717, 1.165) is 12.8 Å². The molecule has 2 unspecified atom stereocenters. The third-order valence-electron chi connectivity index (χ3n) is 4.36. The molecule has 1 nitrogen and oxygen atoms in total. The molecular weight excluding hydrogens is 220 g/mol. The number of fused-ring (bicyclic) bond motifs is 1. The van der Waals surface area contributed by atoms with E-state index in [4.69, 9.17) is 0 Å². The SMILES string of the molecule is CC1(C)CC1C(O)Cc1cccc2ccccc12. The van der Waals surface area contributed by atoms with Crippen LogP contribution in [-0.2, 0) is 6.42 Å². The Morgan fingerprint density at radius 2 is 1.83 bits per heavy atom. The third-order valence-corrected chi connectivity index (χ3v) is 4.36. The van der Waals surface area contributed by atoms with Gasteiger partial charge in [0.1, 0.15) is 0 Å². The number of benzene rings is 2. The Kier molecular flexibility index (Phi) is 2.67. The van der Waals surface area contributed by atoms with Crippen LogP contribution in [0.3, 0.4) is 0 Å². The maximum atomic E-state index is 10.3. The highest BCUT2D eigenvalue weighted by Gasteiger charge is 2.49. The largest absolute Gasteiger partial charge is 0.392 e. The molecule has 0 saturated heterocycles. The molecule has 1 heteroatoms. The monoisotopic (exact) mass is 240 g/mol. The first-order valence-corrected chi connectivity index (χ1v) is 6.73. The van der Waals surface area contributed by atoms with E-state index in [-0.39, 0.29) is 6.10 Å². The van der Waals surface area contributed by atoms with Gasteiger partial charge in [-0.1, -0.05) is 56.3 Å². The van der Waals surface area contributed by atoms with Crippen LogP contribution in [0, 0.1) is 11.3 Å². The first-order valence-electron chi connectivity index (χ1n) is 6.73. The summed E-state index contributed by atoms with van der Waals surface area (Å²) in [6.45, 7) is 4.48. The molecule has 1 saturated carbocycles. The summed E-state index contributed by atoms with van der Waals surface area (Å²) in [6, 6.07) is 14.8. The molecule has 18 heavy (non-hydrogen) atoms. The molecule has 3 rings (SSSR count). The van der Waals surface area contributed by atoms with Gasteiger partial charge in [-0.3, -0.25) is 0 Å². The van der Waals surface area contributed by atoms with E-state index in [1.54, 1.807) is 0 Å². The minimum atomic E-state index is -0.203. The van der Waals surface area contributed by atoms with Crippen molar-refractivity contribution in [1.29, 1.82) is 0 Å². The quantitative estimate of drug-likeness (QED) is 0.865. The number of aliphatic hydroxyl groups excluding tert-OH is 1. The molecule has 1 fully saturated rings. The highest BCUT2D eigenvalue weighted by Crippen LogP contribution is 2.54. The van der Waals surface area contributed by atoms with Crippen LogP contribution in [0.5, 0.6) is 0 Å². The molecule has 0 heterocycles. The fraction of sp³-hybridized carbons (Fsp3) is 0.412. The fourth-order valence-corrected chi connectivity index (χ4v) is 3.00. The molecule has 0 radical (unpaired) electrons. The third kappa shape index (κ3) is 2.04. The number of hydrogen-bond donors (Lipinski definition) is 1. The smallest absolute Gasteiger partial charge is 0.0614 e. The topological polar surface area (TPSA) is 20.2 Å². The number of hydrogen-bond acceptors (Lipinski definition) is 1. The van der Waals surface area contributed by atoms with Crippen molar-refractivity contribution in [2.45, 2.75) is 32.8 Å². The molecular formula is C17H20O. The summed E-state index contributed by atoms with van der Waals surface area (Å²) in [4.78, 5) is 0. The summed E-state index contributed by atoms with van der Waals surface area (Å²) in [5.41, 5.74) is 1.60. The van der Waals surface area contributed by atoms with Gasteiger partial charge in [-0.05, 0) is 40.5 Å². The van der Waals surface area contributed by atoms with Gasteiger partial charge in [0.2, 0.25) is 0 Å². The van der Waals surface area contributed by atoms with E-state index in [0.29, 0.717) is 11.3 Å². The molecule has 2 aromatic rings. The van der Waals surface area contributed by atoms with Crippen molar-refractivity contribution in [1.82, 2.24) is 0 Å². The van der Waals surface area contributed by atoms with Crippen LogP contribution in [0.25, 0.3) is 10.8 Å². The molecule has 0 aliphatic heterocycles. The van der Waals surface area contributed by atoms with Crippen molar-refractivity contribution in [2.75, 3.05) is 0 Å². The Labute approximate surface area is 108 Å². The van der Waals surface area contributed by atoms with Gasteiger partial charge < -0.3 is 5.11 Å². The van der Waals surface area contributed by atoms with Gasteiger partial charge in [-0.25, -0.2) is 0 Å². The number of aliphatic hydroxyl groups is 1. The summed E-state index contributed by atoms with van der Waals surface area (Å²) in [7, 11) is 0. The highest BCUT2D eigenvalue weighted by molar-refractivity contribution is 5.85. The lowest BCUT2D eigenvalue weighted by atomic mass is 9.96. The van der Waals surface area contributed by atoms with E-state index >= 15 is 0 Å². The van der Waals surface area contributed by atoms with Crippen LogP contribution < -0.4 is 0 Å². The second kappa shape index (κ2) is 4.10. The normalized spacial score (nSPS) is 22.9. The molecule has 2 aromatic carbocycles. The molecule has 94 valence electrons. The van der Waals surface area contributed by atoms with Crippen molar-refractivity contribution in [3.63, 3.8) is 0 Å². The van der Waals surface area contributed by atoms with E-state index in [9.17, 15) is 5.11 Å². The average Bonchev–Trinajstić information content (AvgIpc) is 2.99. The van der Waals surface area contributed by atoms with Gasteiger partial charge in [0.05, 0.1) is 6.10 Å². The molecule has 1 aliphatic rings. The molecule has 2 atom stereocenters. The second-order valence-corrected chi connectivity index (χ2v) is 6.21. The van der Waals surface area contributed by atoms with Crippen LogP contribution in [0.15, 0.2) is 42.5 Å². The van der Waals surface area contributed by atoms with Gasteiger partial charge in [0, 0.05) is 0 Å². The lowest BCUT2D eigenvalue weighted by Crippen LogP contribution is -2.16. The molecule has 1 N–H and O–H groups in total. The summed E-state index contributed by atoms with van der Waals surface area (Å²) >= 11 is 0. The van der Waals surface area contributed by atoms with Crippen LogP contribution in [0.1, 0.15) is 25.8 Å². The zero-order valence-electron chi connectivity index (χ0n) is 11.1. The molecule has 0 bridgehead atoms. The molecule has 1 aliphatic carbocycles. The lowest BCUT2D eigenvalue weighted by Gasteiger charge is -2.14. The van der Waals surface area contributed by atoms with Crippen molar-refractivity contribution in [2.24, 2.45) is 11.3 Å². The standard InChI is InChI=1S/C17H20O/c1-17(2)11-15(17)16(18)10-13-8-5-7-12-6-3-4-9-14(12)13/h3-9,15-16,18H,10-11H2,1-2H3. The Morgan fingerprint density at radius 3 is 2.56 bits per heavy atom. The Hall–Kier alpha value is -1.34.